The molecule has 6 rings (SSSR count). The first-order valence-corrected chi connectivity index (χ1v) is 13.8. The monoisotopic (exact) mass is 556 g/mol. The molecule has 2 saturated heterocycles. The fraction of sp³-hybridized carbons (Fsp3) is 0.259. The molecule has 1 spiro atoms. The third-order valence-corrected chi connectivity index (χ3v) is 8.61. The van der Waals surface area contributed by atoms with E-state index < -0.39 is 23.2 Å². The fourth-order valence-corrected chi connectivity index (χ4v) is 6.46. The van der Waals surface area contributed by atoms with Crippen LogP contribution in [0.15, 0.2) is 65.8 Å². The van der Waals surface area contributed by atoms with Gasteiger partial charge in [-0.2, -0.15) is 0 Å². The maximum absolute atomic E-state index is 15.9. The van der Waals surface area contributed by atoms with Gasteiger partial charge in [0, 0.05) is 43.9 Å². The van der Waals surface area contributed by atoms with Gasteiger partial charge in [0.25, 0.3) is 0 Å². The molecule has 11 heteroatoms. The Morgan fingerprint density at radius 3 is 2.50 bits per heavy atom. The quantitative estimate of drug-likeness (QED) is 0.264. The number of hydrogen-bond acceptors (Lipinski definition) is 8. The summed E-state index contributed by atoms with van der Waals surface area (Å²) < 4.78 is 58.0. The van der Waals surface area contributed by atoms with Crippen molar-refractivity contribution in [3.8, 4) is 21.7 Å². The zero-order chi connectivity index (χ0) is 26.1. The van der Waals surface area contributed by atoms with E-state index in [2.05, 4.69) is 14.6 Å². The molecule has 2 aromatic heterocycles. The minimum atomic E-state index is -0.596. The molecule has 0 amide bonds. The molecular weight excluding hydrogens is 533 g/mol. The second-order valence-corrected chi connectivity index (χ2v) is 10.8. The summed E-state index contributed by atoms with van der Waals surface area (Å²) >= 11 is 2.30. The molecule has 0 atom stereocenters. The SMILES string of the molecule is Fc1ccc(F)c(SNc2cccc(-c3nc(N4CCC5(CC4)OCCO5)sc3-c3ccncc3)c2F)c1. The molecule has 0 radical (unpaired) electrons. The van der Waals surface area contributed by atoms with Gasteiger partial charge in [-0.15, -0.1) is 0 Å². The van der Waals surface area contributed by atoms with Gasteiger partial charge in [-0.25, -0.2) is 18.2 Å². The minimum absolute atomic E-state index is 0.0290. The first-order valence-electron chi connectivity index (χ1n) is 12.1. The van der Waals surface area contributed by atoms with Crippen LogP contribution in [-0.4, -0.2) is 42.1 Å². The first kappa shape index (κ1) is 25.2. The number of rotatable bonds is 6. The number of anilines is 2. The summed E-state index contributed by atoms with van der Waals surface area (Å²) in [4.78, 5) is 12.0. The molecule has 6 nitrogen and oxygen atoms in total. The Balaban J connectivity index is 1.32. The normalized spacial score (nSPS) is 16.8. The number of ether oxygens (including phenoxy) is 2. The van der Waals surface area contributed by atoms with E-state index in [0.29, 0.717) is 37.6 Å². The molecule has 196 valence electrons. The largest absolute Gasteiger partial charge is 0.348 e. The predicted octanol–water partition coefficient (Wildman–Crippen LogP) is 6.75. The van der Waals surface area contributed by atoms with Crippen molar-refractivity contribution in [2.45, 2.75) is 23.5 Å². The summed E-state index contributed by atoms with van der Waals surface area (Å²) in [6.45, 7) is 2.65. The molecule has 2 fully saturated rings. The number of piperidine rings is 1. The topological polar surface area (TPSA) is 59.5 Å². The Labute approximate surface area is 226 Å². The van der Waals surface area contributed by atoms with E-state index in [1.54, 1.807) is 30.6 Å². The minimum Gasteiger partial charge on any atom is -0.348 e. The van der Waals surface area contributed by atoms with E-state index in [4.69, 9.17) is 14.5 Å². The summed E-state index contributed by atoms with van der Waals surface area (Å²) in [5, 5.41) is 0.786. The predicted molar refractivity (Wildman–Crippen MR) is 143 cm³/mol. The van der Waals surface area contributed by atoms with Gasteiger partial charge in [0.2, 0.25) is 0 Å². The molecule has 0 aliphatic carbocycles. The number of benzene rings is 2. The standard InChI is InChI=1S/C27H23F3N4O2S2/c28-18-4-5-20(29)22(16-18)38-33-21-3-1-2-19(23(21)30)24-25(17-6-10-31-11-7-17)37-26(32-24)34-12-8-27(9-13-34)35-14-15-36-27/h1-7,10-11,16,33H,8-9,12-15H2. The lowest BCUT2D eigenvalue weighted by atomic mass is 10.0. The lowest BCUT2D eigenvalue weighted by Gasteiger charge is -2.37. The molecule has 2 aliphatic rings. The van der Waals surface area contributed by atoms with Crippen LogP contribution in [0.3, 0.4) is 0 Å². The molecule has 1 N–H and O–H groups in total. The summed E-state index contributed by atoms with van der Waals surface area (Å²) in [6.07, 6.45) is 4.84. The van der Waals surface area contributed by atoms with Crippen molar-refractivity contribution in [2.75, 3.05) is 35.9 Å². The van der Waals surface area contributed by atoms with Crippen LogP contribution in [0.5, 0.6) is 0 Å². The second-order valence-electron chi connectivity index (χ2n) is 8.95. The van der Waals surface area contributed by atoms with Crippen molar-refractivity contribution in [2.24, 2.45) is 0 Å². The number of halogens is 3. The lowest BCUT2D eigenvalue weighted by Crippen LogP contribution is -2.45. The highest BCUT2D eigenvalue weighted by atomic mass is 32.2. The van der Waals surface area contributed by atoms with E-state index >= 15 is 4.39 Å². The Hall–Kier alpha value is -3.12. The van der Waals surface area contributed by atoms with Gasteiger partial charge in [-0.1, -0.05) is 17.4 Å². The van der Waals surface area contributed by atoms with Crippen molar-refractivity contribution in [1.82, 2.24) is 9.97 Å². The lowest BCUT2D eigenvalue weighted by molar-refractivity contribution is -0.169. The van der Waals surface area contributed by atoms with E-state index in [-0.39, 0.29) is 10.6 Å². The van der Waals surface area contributed by atoms with Crippen LogP contribution >= 0.6 is 23.3 Å². The summed E-state index contributed by atoms with van der Waals surface area (Å²) in [7, 11) is 0. The molecule has 38 heavy (non-hydrogen) atoms. The van der Waals surface area contributed by atoms with Gasteiger partial charge in [0.15, 0.2) is 16.7 Å². The highest BCUT2D eigenvalue weighted by molar-refractivity contribution is 8.00. The van der Waals surface area contributed by atoms with Crippen LogP contribution in [0.1, 0.15) is 12.8 Å². The van der Waals surface area contributed by atoms with Gasteiger partial charge in [-0.05, 0) is 60.0 Å². The molecule has 2 aromatic carbocycles. The Kier molecular flexibility index (Phi) is 7.00. The highest BCUT2D eigenvalue weighted by Gasteiger charge is 2.40. The number of hydrogen-bond donors (Lipinski definition) is 1. The van der Waals surface area contributed by atoms with E-state index in [9.17, 15) is 8.78 Å². The summed E-state index contributed by atoms with van der Waals surface area (Å²) in [5.74, 6) is -2.21. The average Bonchev–Trinajstić information content (AvgIpc) is 3.59. The Morgan fingerprint density at radius 1 is 0.974 bits per heavy atom. The van der Waals surface area contributed by atoms with Crippen molar-refractivity contribution in [1.29, 1.82) is 0 Å². The fourth-order valence-electron chi connectivity index (χ4n) is 4.61. The number of thiazole rings is 1. The van der Waals surface area contributed by atoms with Gasteiger partial charge < -0.3 is 19.1 Å². The summed E-state index contributed by atoms with van der Waals surface area (Å²) in [6, 6.07) is 11.8. The Morgan fingerprint density at radius 2 is 1.74 bits per heavy atom. The average molecular weight is 557 g/mol. The van der Waals surface area contributed by atoms with Crippen molar-refractivity contribution in [3.63, 3.8) is 0 Å². The molecule has 0 saturated carbocycles. The maximum atomic E-state index is 15.9. The van der Waals surface area contributed by atoms with Crippen molar-refractivity contribution in [3.05, 3.63) is 78.4 Å². The Bertz CT molecular complexity index is 1440. The van der Waals surface area contributed by atoms with Gasteiger partial charge in [0.05, 0.1) is 34.4 Å². The van der Waals surface area contributed by atoms with Gasteiger partial charge >= 0.3 is 0 Å². The molecule has 4 heterocycles. The molecule has 0 bridgehead atoms. The molecule has 2 aliphatic heterocycles. The van der Waals surface area contributed by atoms with Crippen LogP contribution in [0.25, 0.3) is 21.7 Å². The van der Waals surface area contributed by atoms with E-state index in [0.717, 1.165) is 58.6 Å². The second kappa shape index (κ2) is 10.6. The van der Waals surface area contributed by atoms with Crippen molar-refractivity contribution < 1.29 is 22.6 Å². The van der Waals surface area contributed by atoms with Crippen LogP contribution < -0.4 is 9.62 Å². The molecule has 4 aromatic rings. The maximum Gasteiger partial charge on any atom is 0.186 e. The van der Waals surface area contributed by atoms with Crippen LogP contribution in [0.4, 0.5) is 24.0 Å². The van der Waals surface area contributed by atoms with Crippen LogP contribution in [0.2, 0.25) is 0 Å². The third kappa shape index (κ3) is 4.98. The van der Waals surface area contributed by atoms with Crippen LogP contribution in [0, 0.1) is 17.5 Å². The van der Waals surface area contributed by atoms with E-state index in [1.807, 2.05) is 12.1 Å². The molecular formula is C27H23F3N4O2S2. The zero-order valence-corrected chi connectivity index (χ0v) is 21.8. The number of pyridine rings is 1. The van der Waals surface area contributed by atoms with E-state index in [1.165, 1.54) is 11.3 Å². The van der Waals surface area contributed by atoms with Crippen LogP contribution in [-0.2, 0) is 9.47 Å². The first-order chi connectivity index (χ1) is 18.5. The van der Waals surface area contributed by atoms with Crippen molar-refractivity contribution >= 4 is 34.1 Å². The van der Waals surface area contributed by atoms with Gasteiger partial charge in [-0.3, -0.25) is 4.98 Å². The summed E-state index contributed by atoms with van der Waals surface area (Å²) in [5.41, 5.74) is 1.83. The number of aromatic nitrogens is 2. The smallest absolute Gasteiger partial charge is 0.186 e. The number of nitrogens with one attached hydrogen (secondary N) is 1. The highest BCUT2D eigenvalue weighted by Crippen LogP contribution is 2.44. The number of nitrogens with zero attached hydrogens (tertiary/aromatic N) is 3. The molecule has 0 unspecified atom stereocenters. The van der Waals surface area contributed by atoms with Gasteiger partial charge in [0.1, 0.15) is 11.6 Å². The zero-order valence-electron chi connectivity index (χ0n) is 20.1. The third-order valence-electron chi connectivity index (χ3n) is 6.59.